The number of aromatic amines is 1. The lowest BCUT2D eigenvalue weighted by Crippen LogP contribution is -2.06. The Balaban J connectivity index is 2.17. The Morgan fingerprint density at radius 1 is 1.27 bits per heavy atom. The quantitative estimate of drug-likeness (QED) is 0.799. The Bertz CT molecular complexity index is 847. The molecule has 22 heavy (non-hydrogen) atoms. The molecule has 0 atom stereocenters. The van der Waals surface area contributed by atoms with E-state index in [2.05, 4.69) is 39.9 Å². The van der Waals surface area contributed by atoms with Crippen LogP contribution in [0, 0.1) is 17.2 Å². The van der Waals surface area contributed by atoms with Crippen molar-refractivity contribution in [3.63, 3.8) is 0 Å². The second-order valence-electron chi connectivity index (χ2n) is 5.32. The molecular formula is C16H15N5O. The van der Waals surface area contributed by atoms with Crippen LogP contribution in [0.25, 0.3) is 22.2 Å². The molecule has 0 aliphatic rings. The number of ether oxygens (including phenoxy) is 1. The van der Waals surface area contributed by atoms with E-state index in [0.717, 1.165) is 16.5 Å². The van der Waals surface area contributed by atoms with E-state index >= 15 is 0 Å². The minimum absolute atomic E-state index is 0.363. The minimum Gasteiger partial charge on any atom is -0.477 e. The van der Waals surface area contributed by atoms with Crippen LogP contribution in [-0.4, -0.2) is 26.5 Å². The molecule has 3 aromatic rings. The summed E-state index contributed by atoms with van der Waals surface area (Å²) < 4.78 is 5.80. The number of H-pyrrole nitrogens is 1. The number of hydrogen-bond acceptors (Lipinski definition) is 5. The summed E-state index contributed by atoms with van der Waals surface area (Å²) in [6.07, 6.45) is 4.87. The second-order valence-corrected chi connectivity index (χ2v) is 5.32. The Hall–Kier alpha value is -2.94. The Morgan fingerprint density at radius 3 is 2.91 bits per heavy atom. The smallest absolute Gasteiger partial charge is 0.226 e. The molecule has 0 saturated carbocycles. The number of pyridine rings is 1. The maximum absolute atomic E-state index is 9.25. The molecule has 0 unspecified atom stereocenters. The molecule has 3 rings (SSSR count). The second kappa shape index (κ2) is 5.82. The Morgan fingerprint density at radius 2 is 2.14 bits per heavy atom. The van der Waals surface area contributed by atoms with Crippen LogP contribution in [0.15, 0.2) is 30.9 Å². The van der Waals surface area contributed by atoms with Gasteiger partial charge in [-0.1, -0.05) is 13.8 Å². The van der Waals surface area contributed by atoms with Crippen LogP contribution in [-0.2, 0) is 0 Å². The van der Waals surface area contributed by atoms with Gasteiger partial charge in [0.2, 0.25) is 5.88 Å². The van der Waals surface area contributed by atoms with Crippen molar-refractivity contribution in [2.45, 2.75) is 13.8 Å². The minimum atomic E-state index is 0.363. The Labute approximate surface area is 127 Å². The molecule has 6 heteroatoms. The summed E-state index contributed by atoms with van der Waals surface area (Å²) >= 11 is 0. The number of nitrogens with one attached hydrogen (secondary N) is 1. The predicted molar refractivity (Wildman–Crippen MR) is 82.2 cm³/mol. The van der Waals surface area contributed by atoms with E-state index in [1.54, 1.807) is 18.5 Å². The highest BCUT2D eigenvalue weighted by Gasteiger charge is 2.16. The first kappa shape index (κ1) is 14.0. The highest BCUT2D eigenvalue weighted by molar-refractivity contribution is 5.97. The van der Waals surface area contributed by atoms with Crippen molar-refractivity contribution >= 4 is 11.0 Å². The number of rotatable bonds is 4. The number of nitriles is 1. The molecule has 3 heterocycles. The van der Waals surface area contributed by atoms with Gasteiger partial charge < -0.3 is 9.72 Å². The lowest BCUT2D eigenvalue weighted by Gasteiger charge is -2.09. The van der Waals surface area contributed by atoms with Crippen LogP contribution in [0.2, 0.25) is 0 Å². The lowest BCUT2D eigenvalue weighted by atomic mass is 10.1. The first-order valence-corrected chi connectivity index (χ1v) is 7.01. The van der Waals surface area contributed by atoms with Crippen molar-refractivity contribution < 1.29 is 4.74 Å². The molecular weight excluding hydrogens is 278 g/mol. The fourth-order valence-corrected chi connectivity index (χ4v) is 2.21. The summed E-state index contributed by atoms with van der Waals surface area (Å²) in [6, 6.07) is 5.77. The monoisotopic (exact) mass is 293 g/mol. The van der Waals surface area contributed by atoms with Crippen LogP contribution < -0.4 is 4.74 Å². The van der Waals surface area contributed by atoms with Gasteiger partial charge in [-0.3, -0.25) is 0 Å². The van der Waals surface area contributed by atoms with E-state index in [1.807, 2.05) is 6.07 Å². The van der Waals surface area contributed by atoms with Crippen molar-refractivity contribution in [1.82, 2.24) is 19.9 Å². The summed E-state index contributed by atoms with van der Waals surface area (Å²) in [7, 11) is 0. The zero-order chi connectivity index (χ0) is 15.5. The zero-order valence-corrected chi connectivity index (χ0v) is 12.4. The molecule has 0 radical (unpaired) electrons. The summed E-state index contributed by atoms with van der Waals surface area (Å²) in [5.74, 6) is 0.906. The predicted octanol–water partition coefficient (Wildman–Crippen LogP) is 2.93. The standard InChI is InChI=1S/C16H15N5O/c1-10(2)8-22-16-14-12(7-19-15(14)20-9-21-16)11-4-3-5-18-13(11)6-17/h3-5,7,9-10H,8H2,1-2H3,(H,19,20,21). The highest BCUT2D eigenvalue weighted by atomic mass is 16.5. The largest absolute Gasteiger partial charge is 0.477 e. The number of aromatic nitrogens is 4. The maximum atomic E-state index is 9.25. The number of nitrogens with zero attached hydrogens (tertiary/aromatic N) is 4. The summed E-state index contributed by atoms with van der Waals surface area (Å²) in [5.41, 5.74) is 2.60. The first-order valence-electron chi connectivity index (χ1n) is 7.01. The van der Waals surface area contributed by atoms with Crippen molar-refractivity contribution in [2.24, 2.45) is 5.92 Å². The average molecular weight is 293 g/mol. The third-order valence-electron chi connectivity index (χ3n) is 3.19. The average Bonchev–Trinajstić information content (AvgIpc) is 2.97. The summed E-state index contributed by atoms with van der Waals surface area (Å²) in [4.78, 5) is 15.7. The van der Waals surface area contributed by atoms with Gasteiger partial charge in [-0.05, 0) is 18.1 Å². The van der Waals surface area contributed by atoms with Crippen molar-refractivity contribution in [1.29, 1.82) is 5.26 Å². The van der Waals surface area contributed by atoms with Gasteiger partial charge in [-0.15, -0.1) is 0 Å². The molecule has 110 valence electrons. The molecule has 6 nitrogen and oxygen atoms in total. The fourth-order valence-electron chi connectivity index (χ4n) is 2.21. The third-order valence-corrected chi connectivity index (χ3v) is 3.19. The van der Waals surface area contributed by atoms with Crippen molar-refractivity contribution in [3.05, 3.63) is 36.5 Å². The van der Waals surface area contributed by atoms with Crippen LogP contribution in [0.3, 0.4) is 0 Å². The Kier molecular flexibility index (Phi) is 3.71. The van der Waals surface area contributed by atoms with Gasteiger partial charge in [-0.25, -0.2) is 15.0 Å². The van der Waals surface area contributed by atoms with Crippen molar-refractivity contribution in [3.8, 4) is 23.1 Å². The van der Waals surface area contributed by atoms with Gasteiger partial charge in [0.05, 0.1) is 12.0 Å². The summed E-state index contributed by atoms with van der Waals surface area (Å²) in [5, 5.41) is 10.0. The van der Waals surface area contributed by atoms with E-state index in [0.29, 0.717) is 29.7 Å². The fraction of sp³-hybridized carbons (Fsp3) is 0.250. The molecule has 0 aliphatic carbocycles. The van der Waals surface area contributed by atoms with Crippen LogP contribution in [0.1, 0.15) is 19.5 Å². The molecule has 0 saturated heterocycles. The molecule has 0 fully saturated rings. The van der Waals surface area contributed by atoms with E-state index in [1.165, 1.54) is 6.33 Å². The third kappa shape index (κ3) is 2.49. The van der Waals surface area contributed by atoms with Gasteiger partial charge >= 0.3 is 0 Å². The molecule has 0 amide bonds. The van der Waals surface area contributed by atoms with Gasteiger partial charge in [0.25, 0.3) is 0 Å². The summed E-state index contributed by atoms with van der Waals surface area (Å²) in [6.45, 7) is 4.71. The first-order chi connectivity index (χ1) is 10.7. The van der Waals surface area contributed by atoms with E-state index < -0.39 is 0 Å². The van der Waals surface area contributed by atoms with Gasteiger partial charge in [-0.2, -0.15) is 5.26 Å². The van der Waals surface area contributed by atoms with Gasteiger partial charge in [0.1, 0.15) is 23.7 Å². The molecule has 3 aromatic heterocycles. The molecule has 0 bridgehead atoms. The zero-order valence-electron chi connectivity index (χ0n) is 12.4. The van der Waals surface area contributed by atoms with Gasteiger partial charge in [0.15, 0.2) is 0 Å². The maximum Gasteiger partial charge on any atom is 0.226 e. The highest BCUT2D eigenvalue weighted by Crippen LogP contribution is 2.34. The van der Waals surface area contributed by atoms with Crippen LogP contribution in [0.4, 0.5) is 0 Å². The van der Waals surface area contributed by atoms with Crippen molar-refractivity contribution in [2.75, 3.05) is 6.61 Å². The van der Waals surface area contributed by atoms with Crippen LogP contribution >= 0.6 is 0 Å². The molecule has 0 aliphatic heterocycles. The SMILES string of the molecule is CC(C)COc1ncnc2[nH]cc(-c3cccnc3C#N)c12. The van der Waals surface area contributed by atoms with Gasteiger partial charge in [0, 0.05) is 23.5 Å². The normalized spacial score (nSPS) is 10.8. The lowest BCUT2D eigenvalue weighted by molar-refractivity contribution is 0.264. The number of hydrogen-bond donors (Lipinski definition) is 1. The molecule has 1 N–H and O–H groups in total. The van der Waals surface area contributed by atoms with E-state index in [-0.39, 0.29) is 0 Å². The topological polar surface area (TPSA) is 87.5 Å². The molecule has 0 spiro atoms. The number of fused-ring (bicyclic) bond motifs is 1. The van der Waals surface area contributed by atoms with Crippen LogP contribution in [0.5, 0.6) is 5.88 Å². The van der Waals surface area contributed by atoms with E-state index in [4.69, 9.17) is 4.74 Å². The molecule has 0 aromatic carbocycles. The van der Waals surface area contributed by atoms with E-state index in [9.17, 15) is 5.26 Å².